The van der Waals surface area contributed by atoms with E-state index in [-0.39, 0.29) is 6.04 Å². The van der Waals surface area contributed by atoms with E-state index < -0.39 is 11.6 Å². The van der Waals surface area contributed by atoms with Crippen molar-refractivity contribution in [2.24, 2.45) is 0 Å². The summed E-state index contributed by atoms with van der Waals surface area (Å²) in [5, 5.41) is 3.09. The number of halogens is 3. The molecule has 0 radical (unpaired) electrons. The predicted octanol–water partition coefficient (Wildman–Crippen LogP) is 4.04. The first-order valence-electron chi connectivity index (χ1n) is 6.02. The van der Waals surface area contributed by atoms with Crippen LogP contribution in [0.25, 0.3) is 0 Å². The number of nitrogens with one attached hydrogen (secondary N) is 1. The van der Waals surface area contributed by atoms with Gasteiger partial charge in [-0.05, 0) is 36.9 Å². The molecular formula is C15H14BrF2NO. The summed E-state index contributed by atoms with van der Waals surface area (Å²) < 4.78 is 32.7. The second-order valence-electron chi connectivity index (χ2n) is 4.28. The van der Waals surface area contributed by atoms with Crippen LogP contribution in [0.4, 0.5) is 8.78 Å². The standard InChI is InChI=1S/C15H14BrF2NO/c1-19-15(9-3-6-12(17)13(18)7-9)11-5-4-10(16)8-14(11)20-2/h3-8,15,19H,1-2H3. The Morgan fingerprint density at radius 1 is 1.10 bits per heavy atom. The summed E-state index contributed by atoms with van der Waals surface area (Å²) in [5.74, 6) is -1.05. The lowest BCUT2D eigenvalue weighted by Gasteiger charge is -2.20. The summed E-state index contributed by atoms with van der Waals surface area (Å²) in [6, 6.07) is 9.18. The lowest BCUT2D eigenvalue weighted by atomic mass is 9.98. The molecule has 0 fully saturated rings. The van der Waals surface area contributed by atoms with Crippen LogP contribution in [0.15, 0.2) is 40.9 Å². The molecule has 0 aliphatic rings. The molecule has 0 amide bonds. The maximum absolute atomic E-state index is 13.4. The van der Waals surface area contributed by atoms with Gasteiger partial charge in [0.1, 0.15) is 5.75 Å². The lowest BCUT2D eigenvalue weighted by Crippen LogP contribution is -2.18. The summed E-state index contributed by atoms with van der Waals surface area (Å²) in [6.07, 6.45) is 0. The van der Waals surface area contributed by atoms with Crippen molar-refractivity contribution in [1.29, 1.82) is 0 Å². The second kappa shape index (κ2) is 6.33. The van der Waals surface area contributed by atoms with Gasteiger partial charge in [-0.25, -0.2) is 8.78 Å². The van der Waals surface area contributed by atoms with E-state index in [1.165, 1.54) is 6.07 Å². The van der Waals surface area contributed by atoms with Crippen molar-refractivity contribution in [3.63, 3.8) is 0 Å². The highest BCUT2D eigenvalue weighted by atomic mass is 79.9. The molecule has 5 heteroatoms. The van der Waals surface area contributed by atoms with Crippen molar-refractivity contribution in [2.75, 3.05) is 14.2 Å². The molecule has 1 atom stereocenters. The van der Waals surface area contributed by atoms with Gasteiger partial charge in [-0.1, -0.05) is 28.1 Å². The van der Waals surface area contributed by atoms with Crippen LogP contribution in [0.2, 0.25) is 0 Å². The van der Waals surface area contributed by atoms with Crippen molar-refractivity contribution in [3.8, 4) is 5.75 Å². The number of benzene rings is 2. The first-order chi connectivity index (χ1) is 9.56. The van der Waals surface area contributed by atoms with Gasteiger partial charge in [0.2, 0.25) is 0 Å². The normalized spacial score (nSPS) is 12.2. The number of hydrogen-bond donors (Lipinski definition) is 1. The highest BCUT2D eigenvalue weighted by Gasteiger charge is 2.18. The molecule has 1 unspecified atom stereocenters. The summed E-state index contributed by atoms with van der Waals surface area (Å²) in [4.78, 5) is 0. The molecule has 0 saturated carbocycles. The number of ether oxygens (including phenoxy) is 1. The van der Waals surface area contributed by atoms with Crippen LogP contribution in [0.1, 0.15) is 17.2 Å². The minimum absolute atomic E-state index is 0.284. The van der Waals surface area contributed by atoms with Crippen molar-refractivity contribution in [2.45, 2.75) is 6.04 Å². The zero-order valence-electron chi connectivity index (χ0n) is 11.1. The van der Waals surface area contributed by atoms with E-state index in [9.17, 15) is 8.78 Å². The molecule has 0 spiro atoms. The maximum Gasteiger partial charge on any atom is 0.159 e. The van der Waals surface area contributed by atoms with Crippen molar-refractivity contribution < 1.29 is 13.5 Å². The molecule has 2 aromatic carbocycles. The molecule has 0 heterocycles. The van der Waals surface area contributed by atoms with Crippen LogP contribution in [0.5, 0.6) is 5.75 Å². The van der Waals surface area contributed by atoms with Gasteiger partial charge in [0.15, 0.2) is 11.6 Å². The average Bonchev–Trinajstić information content (AvgIpc) is 2.44. The van der Waals surface area contributed by atoms with Crippen LogP contribution in [0, 0.1) is 11.6 Å². The topological polar surface area (TPSA) is 21.3 Å². The first kappa shape index (κ1) is 14.9. The third kappa shape index (κ3) is 2.99. The SMILES string of the molecule is CNC(c1ccc(F)c(F)c1)c1ccc(Br)cc1OC. The average molecular weight is 342 g/mol. The Hall–Kier alpha value is -1.46. The fourth-order valence-electron chi connectivity index (χ4n) is 2.12. The molecule has 0 aliphatic carbocycles. The summed E-state index contributed by atoms with van der Waals surface area (Å²) in [5.41, 5.74) is 1.48. The Morgan fingerprint density at radius 3 is 2.45 bits per heavy atom. The predicted molar refractivity (Wildman–Crippen MR) is 78.0 cm³/mol. The molecular weight excluding hydrogens is 328 g/mol. The molecule has 2 rings (SSSR count). The fourth-order valence-corrected chi connectivity index (χ4v) is 2.46. The van der Waals surface area contributed by atoms with Gasteiger partial charge in [0.05, 0.1) is 13.2 Å². The van der Waals surface area contributed by atoms with Gasteiger partial charge in [-0.2, -0.15) is 0 Å². The van der Waals surface area contributed by atoms with E-state index in [0.29, 0.717) is 11.3 Å². The molecule has 20 heavy (non-hydrogen) atoms. The summed E-state index contributed by atoms with van der Waals surface area (Å²) >= 11 is 3.38. The van der Waals surface area contributed by atoms with Crippen LogP contribution >= 0.6 is 15.9 Å². The van der Waals surface area contributed by atoms with Crippen molar-refractivity contribution >= 4 is 15.9 Å². The Bertz CT molecular complexity index is 619. The highest BCUT2D eigenvalue weighted by Crippen LogP contribution is 2.32. The smallest absolute Gasteiger partial charge is 0.159 e. The van der Waals surface area contributed by atoms with Gasteiger partial charge in [0, 0.05) is 10.0 Å². The Morgan fingerprint density at radius 2 is 1.85 bits per heavy atom. The van der Waals surface area contributed by atoms with Gasteiger partial charge in [0.25, 0.3) is 0 Å². The van der Waals surface area contributed by atoms with Crippen LogP contribution in [-0.4, -0.2) is 14.2 Å². The van der Waals surface area contributed by atoms with Crippen LogP contribution < -0.4 is 10.1 Å². The fraction of sp³-hybridized carbons (Fsp3) is 0.200. The Balaban J connectivity index is 2.49. The van der Waals surface area contributed by atoms with Gasteiger partial charge < -0.3 is 10.1 Å². The Kier molecular flexibility index (Phi) is 4.73. The minimum Gasteiger partial charge on any atom is -0.496 e. The summed E-state index contributed by atoms with van der Waals surface area (Å²) in [6.45, 7) is 0. The van der Waals surface area contributed by atoms with Crippen LogP contribution in [-0.2, 0) is 0 Å². The van der Waals surface area contributed by atoms with E-state index >= 15 is 0 Å². The number of methoxy groups -OCH3 is 1. The van der Waals surface area contributed by atoms with Crippen molar-refractivity contribution in [1.82, 2.24) is 5.32 Å². The summed E-state index contributed by atoms with van der Waals surface area (Å²) in [7, 11) is 3.33. The molecule has 0 bridgehead atoms. The van der Waals surface area contributed by atoms with Crippen LogP contribution in [0.3, 0.4) is 0 Å². The van der Waals surface area contributed by atoms with E-state index in [4.69, 9.17) is 4.74 Å². The number of hydrogen-bond acceptors (Lipinski definition) is 2. The minimum atomic E-state index is -0.862. The van der Waals surface area contributed by atoms with Gasteiger partial charge >= 0.3 is 0 Å². The Labute approximate surface area is 124 Å². The first-order valence-corrected chi connectivity index (χ1v) is 6.81. The third-order valence-electron chi connectivity index (χ3n) is 3.07. The van der Waals surface area contributed by atoms with E-state index in [1.807, 2.05) is 18.2 Å². The molecule has 106 valence electrons. The zero-order chi connectivity index (χ0) is 14.7. The molecule has 0 aliphatic heterocycles. The third-order valence-corrected chi connectivity index (χ3v) is 3.57. The zero-order valence-corrected chi connectivity index (χ0v) is 12.7. The van der Waals surface area contributed by atoms with E-state index in [1.54, 1.807) is 20.2 Å². The highest BCUT2D eigenvalue weighted by molar-refractivity contribution is 9.10. The van der Waals surface area contributed by atoms with Gasteiger partial charge in [-0.3, -0.25) is 0 Å². The molecule has 2 nitrogen and oxygen atoms in total. The molecule has 0 saturated heterocycles. The van der Waals surface area contributed by atoms with Crippen molar-refractivity contribution in [3.05, 3.63) is 63.6 Å². The largest absolute Gasteiger partial charge is 0.496 e. The number of rotatable bonds is 4. The quantitative estimate of drug-likeness (QED) is 0.905. The molecule has 2 aromatic rings. The van der Waals surface area contributed by atoms with Gasteiger partial charge in [-0.15, -0.1) is 0 Å². The lowest BCUT2D eigenvalue weighted by molar-refractivity contribution is 0.405. The van der Waals surface area contributed by atoms with E-state index in [0.717, 1.165) is 16.1 Å². The molecule has 0 aromatic heterocycles. The maximum atomic E-state index is 13.4. The monoisotopic (exact) mass is 341 g/mol. The second-order valence-corrected chi connectivity index (χ2v) is 5.20. The molecule has 1 N–H and O–H groups in total. The van der Waals surface area contributed by atoms with E-state index in [2.05, 4.69) is 21.2 Å².